The van der Waals surface area contributed by atoms with Gasteiger partial charge in [0.25, 0.3) is 11.1 Å². The molecule has 1 fully saturated rings. The van der Waals surface area contributed by atoms with E-state index in [1.807, 2.05) is 34.5 Å². The zero-order valence-corrected chi connectivity index (χ0v) is 14.6. The Kier molecular flexibility index (Phi) is 4.39. The summed E-state index contributed by atoms with van der Waals surface area (Å²) in [5.41, 5.74) is 2.08. The van der Waals surface area contributed by atoms with Crippen LogP contribution in [0.4, 0.5) is 0 Å². The van der Waals surface area contributed by atoms with Crippen molar-refractivity contribution < 1.29 is 9.53 Å². The van der Waals surface area contributed by atoms with Crippen LogP contribution in [0.15, 0.2) is 35.8 Å². The molecule has 122 valence electrons. The summed E-state index contributed by atoms with van der Waals surface area (Å²) in [5.74, 6) is 0.0793. The minimum Gasteiger partial charge on any atom is -0.465 e. The Balaban J connectivity index is 1.62. The average Bonchev–Trinajstić information content (AvgIpc) is 3.18. The molecule has 2 aromatic rings. The molecule has 0 aliphatic carbocycles. The quantitative estimate of drug-likeness (QED) is 0.861. The number of hydrogen-bond donors (Lipinski definition) is 0. The summed E-state index contributed by atoms with van der Waals surface area (Å²) in [5, 5.41) is 2.57. The van der Waals surface area contributed by atoms with E-state index in [1.54, 1.807) is 6.20 Å². The Bertz CT molecular complexity index is 659. The van der Waals surface area contributed by atoms with Gasteiger partial charge >= 0.3 is 0 Å². The maximum atomic E-state index is 12.6. The number of amides is 1. The van der Waals surface area contributed by atoms with E-state index in [-0.39, 0.29) is 17.4 Å². The highest BCUT2D eigenvalue weighted by Gasteiger charge is 2.29. The van der Waals surface area contributed by atoms with Crippen molar-refractivity contribution in [2.24, 2.45) is 0 Å². The Morgan fingerprint density at radius 1 is 1.30 bits per heavy atom. The van der Waals surface area contributed by atoms with Crippen LogP contribution in [-0.2, 0) is 5.41 Å². The van der Waals surface area contributed by atoms with Gasteiger partial charge in [0, 0.05) is 30.1 Å². The van der Waals surface area contributed by atoms with Gasteiger partial charge in [-0.2, -0.15) is 0 Å². The average molecular weight is 330 g/mol. The standard InChI is InChI=1S/C18H22N2O2S/c1-18(2,3)14-6-4-13(5-7-14)16(21)20-10-8-15(12-20)22-17-19-9-11-23-17/h4-7,9,11,15H,8,10,12H2,1-3H3. The van der Waals surface area contributed by atoms with Gasteiger partial charge in [-0.1, -0.05) is 44.2 Å². The van der Waals surface area contributed by atoms with E-state index in [0.29, 0.717) is 11.7 Å². The number of ether oxygens (including phenoxy) is 1. The number of aromatic nitrogens is 1. The summed E-state index contributed by atoms with van der Waals surface area (Å²) in [6, 6.07) is 7.95. The molecular formula is C18H22N2O2S. The van der Waals surface area contributed by atoms with Crippen molar-refractivity contribution in [2.75, 3.05) is 13.1 Å². The third-order valence-corrected chi connectivity index (χ3v) is 4.77. The molecule has 0 saturated carbocycles. The largest absolute Gasteiger partial charge is 0.465 e. The van der Waals surface area contributed by atoms with Gasteiger partial charge in [0.2, 0.25) is 0 Å². The Morgan fingerprint density at radius 2 is 2.04 bits per heavy atom. The number of carbonyl (C=O) groups is 1. The molecule has 0 radical (unpaired) electrons. The molecule has 0 spiro atoms. The monoisotopic (exact) mass is 330 g/mol. The first-order valence-electron chi connectivity index (χ1n) is 7.89. The first-order valence-corrected chi connectivity index (χ1v) is 8.77. The summed E-state index contributed by atoms with van der Waals surface area (Å²) in [4.78, 5) is 18.6. The number of benzene rings is 1. The normalized spacial score (nSPS) is 18.2. The highest BCUT2D eigenvalue weighted by atomic mass is 32.1. The zero-order chi connectivity index (χ0) is 16.4. The van der Waals surface area contributed by atoms with Crippen molar-refractivity contribution in [3.05, 3.63) is 47.0 Å². The molecular weight excluding hydrogens is 308 g/mol. The Labute approximate surface area is 141 Å². The van der Waals surface area contributed by atoms with Crippen LogP contribution >= 0.6 is 11.3 Å². The van der Waals surface area contributed by atoms with Crippen LogP contribution in [0, 0.1) is 0 Å². The van der Waals surface area contributed by atoms with Gasteiger partial charge in [-0.25, -0.2) is 4.98 Å². The highest BCUT2D eigenvalue weighted by molar-refractivity contribution is 7.11. The predicted molar refractivity (Wildman–Crippen MR) is 92.2 cm³/mol. The number of hydrogen-bond acceptors (Lipinski definition) is 4. The van der Waals surface area contributed by atoms with E-state index < -0.39 is 0 Å². The number of nitrogens with zero attached hydrogens (tertiary/aromatic N) is 2. The lowest BCUT2D eigenvalue weighted by molar-refractivity contribution is 0.0772. The Hall–Kier alpha value is -1.88. The molecule has 1 aromatic heterocycles. The fourth-order valence-corrected chi connectivity index (χ4v) is 3.27. The van der Waals surface area contributed by atoms with Gasteiger partial charge in [-0.05, 0) is 23.1 Å². The summed E-state index contributed by atoms with van der Waals surface area (Å²) in [6.45, 7) is 7.87. The number of rotatable bonds is 3. The van der Waals surface area contributed by atoms with Crippen LogP contribution in [0.3, 0.4) is 0 Å². The maximum absolute atomic E-state index is 12.6. The number of carbonyl (C=O) groups excluding carboxylic acids is 1. The maximum Gasteiger partial charge on any atom is 0.273 e. The van der Waals surface area contributed by atoms with Crippen molar-refractivity contribution in [1.82, 2.24) is 9.88 Å². The third-order valence-electron chi connectivity index (χ3n) is 4.11. The van der Waals surface area contributed by atoms with Crippen molar-refractivity contribution in [1.29, 1.82) is 0 Å². The first-order chi connectivity index (χ1) is 10.9. The van der Waals surface area contributed by atoms with Crippen LogP contribution in [-0.4, -0.2) is 35.0 Å². The van der Waals surface area contributed by atoms with E-state index in [2.05, 4.69) is 25.8 Å². The van der Waals surface area contributed by atoms with Crippen molar-refractivity contribution in [3.63, 3.8) is 0 Å². The molecule has 0 bridgehead atoms. The van der Waals surface area contributed by atoms with Gasteiger partial charge in [0.05, 0.1) is 6.54 Å². The lowest BCUT2D eigenvalue weighted by Gasteiger charge is -2.20. The molecule has 0 N–H and O–H groups in total. The second-order valence-electron chi connectivity index (χ2n) is 6.91. The van der Waals surface area contributed by atoms with Crippen LogP contribution < -0.4 is 4.74 Å². The van der Waals surface area contributed by atoms with Crippen LogP contribution in [0.5, 0.6) is 5.19 Å². The van der Waals surface area contributed by atoms with E-state index in [9.17, 15) is 4.79 Å². The van der Waals surface area contributed by atoms with Crippen LogP contribution in [0.1, 0.15) is 43.1 Å². The molecule has 3 rings (SSSR count). The summed E-state index contributed by atoms with van der Waals surface area (Å²) in [7, 11) is 0. The second kappa shape index (κ2) is 6.32. The molecule has 1 atom stereocenters. The topological polar surface area (TPSA) is 42.4 Å². The van der Waals surface area contributed by atoms with Crippen molar-refractivity contribution >= 4 is 17.2 Å². The Morgan fingerprint density at radius 3 is 2.65 bits per heavy atom. The van der Waals surface area contributed by atoms with Crippen LogP contribution in [0.25, 0.3) is 0 Å². The SMILES string of the molecule is CC(C)(C)c1ccc(C(=O)N2CCC(Oc3nccs3)C2)cc1. The molecule has 23 heavy (non-hydrogen) atoms. The van der Waals surface area contributed by atoms with Gasteiger partial charge in [-0.3, -0.25) is 4.79 Å². The predicted octanol–water partition coefficient (Wildman–Crippen LogP) is 3.73. The minimum absolute atomic E-state index is 0.0407. The molecule has 2 heterocycles. The van der Waals surface area contributed by atoms with E-state index in [0.717, 1.165) is 18.5 Å². The summed E-state index contributed by atoms with van der Waals surface area (Å²) >= 11 is 1.48. The fraction of sp³-hybridized carbons (Fsp3) is 0.444. The molecule has 1 aliphatic rings. The molecule has 5 heteroatoms. The fourth-order valence-electron chi connectivity index (χ4n) is 2.72. The summed E-state index contributed by atoms with van der Waals surface area (Å²) in [6.07, 6.45) is 2.62. The molecule has 4 nitrogen and oxygen atoms in total. The van der Waals surface area contributed by atoms with Gasteiger partial charge < -0.3 is 9.64 Å². The van der Waals surface area contributed by atoms with Crippen molar-refractivity contribution in [2.45, 2.75) is 38.7 Å². The zero-order valence-electron chi connectivity index (χ0n) is 13.8. The smallest absolute Gasteiger partial charge is 0.273 e. The number of likely N-dealkylation sites (tertiary alicyclic amines) is 1. The number of thiazole rings is 1. The lowest BCUT2D eigenvalue weighted by Crippen LogP contribution is -2.31. The molecule has 1 saturated heterocycles. The van der Waals surface area contributed by atoms with Gasteiger partial charge in [-0.15, -0.1) is 0 Å². The van der Waals surface area contributed by atoms with E-state index >= 15 is 0 Å². The highest BCUT2D eigenvalue weighted by Crippen LogP contribution is 2.24. The van der Waals surface area contributed by atoms with Gasteiger partial charge in [0.15, 0.2) is 0 Å². The molecule has 1 aromatic carbocycles. The third kappa shape index (κ3) is 3.72. The van der Waals surface area contributed by atoms with E-state index in [1.165, 1.54) is 16.9 Å². The molecule has 1 unspecified atom stereocenters. The molecule has 1 aliphatic heterocycles. The van der Waals surface area contributed by atoms with Gasteiger partial charge in [0.1, 0.15) is 6.10 Å². The second-order valence-corrected chi connectivity index (χ2v) is 7.76. The lowest BCUT2D eigenvalue weighted by atomic mass is 9.86. The van der Waals surface area contributed by atoms with Crippen molar-refractivity contribution in [3.8, 4) is 5.19 Å². The molecule has 1 amide bonds. The first kappa shape index (κ1) is 16.0. The summed E-state index contributed by atoms with van der Waals surface area (Å²) < 4.78 is 5.81. The minimum atomic E-state index is 0.0407. The van der Waals surface area contributed by atoms with E-state index in [4.69, 9.17) is 4.74 Å². The van der Waals surface area contributed by atoms with Crippen LogP contribution in [0.2, 0.25) is 0 Å².